The molecule has 27 heavy (non-hydrogen) atoms. The number of nitrogens with zero attached hydrogens (tertiary/aromatic N) is 1. The van der Waals surface area contributed by atoms with Crippen molar-refractivity contribution in [1.82, 2.24) is 0 Å². The van der Waals surface area contributed by atoms with Gasteiger partial charge in [-0.1, -0.05) is 23.7 Å². The van der Waals surface area contributed by atoms with Gasteiger partial charge in [0.05, 0.1) is 13.0 Å². The standard InChI is InChI=1S/C22H24ClNO3/c1-14(21(26)27-4)16-7-10-19-17(13-16)11-12-22(2,3)24(19)20(25)15-5-8-18(23)9-6-15/h5-10,13-14H,11-12H2,1-4H3. The van der Waals surface area contributed by atoms with Gasteiger partial charge < -0.3 is 9.64 Å². The molecule has 0 saturated carbocycles. The topological polar surface area (TPSA) is 46.6 Å². The smallest absolute Gasteiger partial charge is 0.312 e. The lowest BCUT2D eigenvalue weighted by atomic mass is 9.84. The molecular formula is C22H24ClNO3. The number of esters is 1. The van der Waals surface area contributed by atoms with Crippen LogP contribution in [0, 0.1) is 0 Å². The molecule has 0 N–H and O–H groups in total. The molecule has 0 aliphatic carbocycles. The van der Waals surface area contributed by atoms with Crippen LogP contribution in [0.3, 0.4) is 0 Å². The van der Waals surface area contributed by atoms with Gasteiger partial charge in [0.25, 0.3) is 5.91 Å². The van der Waals surface area contributed by atoms with Crippen LogP contribution in [-0.2, 0) is 16.0 Å². The maximum atomic E-state index is 13.3. The van der Waals surface area contributed by atoms with Crippen LogP contribution in [-0.4, -0.2) is 24.5 Å². The summed E-state index contributed by atoms with van der Waals surface area (Å²) in [6.45, 7) is 5.99. The fourth-order valence-corrected chi connectivity index (χ4v) is 3.72. The second-order valence-electron chi connectivity index (χ2n) is 7.59. The number of fused-ring (bicyclic) bond motifs is 1. The highest BCUT2D eigenvalue weighted by Crippen LogP contribution is 2.39. The summed E-state index contributed by atoms with van der Waals surface area (Å²) >= 11 is 5.96. The first-order valence-electron chi connectivity index (χ1n) is 9.05. The lowest BCUT2D eigenvalue weighted by molar-refractivity contribution is -0.141. The van der Waals surface area contributed by atoms with Crippen molar-refractivity contribution >= 4 is 29.2 Å². The lowest BCUT2D eigenvalue weighted by Crippen LogP contribution is -2.51. The van der Waals surface area contributed by atoms with Gasteiger partial charge in [-0.05, 0) is 75.1 Å². The van der Waals surface area contributed by atoms with Crippen LogP contribution in [0.2, 0.25) is 5.02 Å². The fraction of sp³-hybridized carbons (Fsp3) is 0.364. The number of rotatable bonds is 3. The average Bonchev–Trinajstić information content (AvgIpc) is 2.66. The number of carbonyl (C=O) groups is 2. The molecule has 1 aliphatic heterocycles. The molecule has 0 spiro atoms. The van der Waals surface area contributed by atoms with Crippen molar-refractivity contribution < 1.29 is 14.3 Å². The van der Waals surface area contributed by atoms with Gasteiger partial charge in [-0.15, -0.1) is 0 Å². The van der Waals surface area contributed by atoms with E-state index in [1.807, 2.05) is 30.0 Å². The first-order valence-corrected chi connectivity index (χ1v) is 9.43. The number of hydrogen-bond donors (Lipinski definition) is 0. The monoisotopic (exact) mass is 385 g/mol. The molecule has 4 nitrogen and oxygen atoms in total. The van der Waals surface area contributed by atoms with E-state index >= 15 is 0 Å². The van der Waals surface area contributed by atoms with Gasteiger partial charge in [-0.3, -0.25) is 9.59 Å². The summed E-state index contributed by atoms with van der Waals surface area (Å²) in [4.78, 5) is 27.0. The molecular weight excluding hydrogens is 362 g/mol. The molecule has 0 radical (unpaired) electrons. The highest BCUT2D eigenvalue weighted by molar-refractivity contribution is 6.30. The summed E-state index contributed by atoms with van der Waals surface area (Å²) in [7, 11) is 1.40. The molecule has 0 fully saturated rings. The molecule has 0 aromatic heterocycles. The Hall–Kier alpha value is -2.33. The molecule has 142 valence electrons. The van der Waals surface area contributed by atoms with Crippen molar-refractivity contribution in [3.8, 4) is 0 Å². The maximum Gasteiger partial charge on any atom is 0.312 e. The van der Waals surface area contributed by atoms with Gasteiger partial charge >= 0.3 is 5.97 Å². The zero-order valence-electron chi connectivity index (χ0n) is 16.1. The number of methoxy groups -OCH3 is 1. The normalized spacial score (nSPS) is 16.4. The minimum atomic E-state index is -0.337. The fourth-order valence-electron chi connectivity index (χ4n) is 3.59. The lowest BCUT2D eigenvalue weighted by Gasteiger charge is -2.43. The molecule has 1 unspecified atom stereocenters. The van der Waals surface area contributed by atoms with Crippen LogP contribution in [0.4, 0.5) is 5.69 Å². The van der Waals surface area contributed by atoms with E-state index in [1.54, 1.807) is 24.3 Å². The first-order chi connectivity index (χ1) is 12.7. The average molecular weight is 386 g/mol. The summed E-state index contributed by atoms with van der Waals surface area (Å²) in [5.74, 6) is -0.651. The third-order valence-corrected chi connectivity index (χ3v) is 5.56. The van der Waals surface area contributed by atoms with E-state index in [4.69, 9.17) is 16.3 Å². The maximum absolute atomic E-state index is 13.3. The summed E-state index contributed by atoms with van der Waals surface area (Å²) in [5.41, 5.74) is 3.17. The van der Waals surface area contributed by atoms with Gasteiger partial charge in [-0.2, -0.15) is 0 Å². The van der Waals surface area contributed by atoms with Crippen molar-refractivity contribution in [1.29, 1.82) is 0 Å². The second kappa shape index (κ2) is 7.35. The van der Waals surface area contributed by atoms with Crippen molar-refractivity contribution in [2.75, 3.05) is 12.0 Å². The minimum absolute atomic E-state index is 0.0496. The largest absolute Gasteiger partial charge is 0.469 e. The van der Waals surface area contributed by atoms with Crippen LogP contribution < -0.4 is 4.90 Å². The Morgan fingerprint density at radius 3 is 2.44 bits per heavy atom. The summed E-state index contributed by atoms with van der Waals surface area (Å²) in [6.07, 6.45) is 1.70. The van der Waals surface area contributed by atoms with Crippen LogP contribution >= 0.6 is 11.6 Å². The quantitative estimate of drug-likeness (QED) is 0.699. The van der Waals surface area contributed by atoms with E-state index < -0.39 is 0 Å². The predicted octanol–water partition coefficient (Wildman–Crippen LogP) is 4.99. The molecule has 2 aromatic rings. The molecule has 1 atom stereocenters. The Bertz CT molecular complexity index is 874. The van der Waals surface area contributed by atoms with E-state index in [9.17, 15) is 9.59 Å². The van der Waals surface area contributed by atoms with E-state index in [0.717, 1.165) is 29.7 Å². The highest BCUT2D eigenvalue weighted by atomic mass is 35.5. The van der Waals surface area contributed by atoms with E-state index in [0.29, 0.717) is 10.6 Å². The van der Waals surface area contributed by atoms with Crippen LogP contribution in [0.15, 0.2) is 42.5 Å². The predicted molar refractivity (Wildman–Crippen MR) is 108 cm³/mol. The number of ether oxygens (including phenoxy) is 1. The summed E-state index contributed by atoms with van der Waals surface area (Å²) in [5, 5.41) is 0.603. The molecule has 0 saturated heterocycles. The Labute approximate surface area is 165 Å². The van der Waals surface area contributed by atoms with Crippen molar-refractivity contribution in [3.63, 3.8) is 0 Å². The van der Waals surface area contributed by atoms with E-state index in [2.05, 4.69) is 13.8 Å². The Morgan fingerprint density at radius 1 is 1.15 bits per heavy atom. The zero-order chi connectivity index (χ0) is 19.8. The Morgan fingerprint density at radius 2 is 1.81 bits per heavy atom. The Balaban J connectivity index is 2.01. The van der Waals surface area contributed by atoms with Gasteiger partial charge in [0.15, 0.2) is 0 Å². The number of hydrogen-bond acceptors (Lipinski definition) is 3. The van der Waals surface area contributed by atoms with Gasteiger partial charge in [-0.25, -0.2) is 0 Å². The molecule has 1 heterocycles. The van der Waals surface area contributed by atoms with Gasteiger partial charge in [0.2, 0.25) is 0 Å². The van der Waals surface area contributed by atoms with Crippen molar-refractivity contribution in [2.24, 2.45) is 0 Å². The minimum Gasteiger partial charge on any atom is -0.469 e. The molecule has 1 amide bonds. The van der Waals surface area contributed by atoms with Gasteiger partial charge in [0, 0.05) is 21.8 Å². The SMILES string of the molecule is COC(=O)C(C)c1ccc2c(c1)CCC(C)(C)N2C(=O)c1ccc(Cl)cc1. The van der Waals surface area contributed by atoms with Crippen LogP contribution in [0.1, 0.15) is 54.6 Å². The summed E-state index contributed by atoms with van der Waals surface area (Å²) in [6, 6.07) is 12.8. The second-order valence-corrected chi connectivity index (χ2v) is 8.03. The molecule has 2 aromatic carbocycles. The van der Waals surface area contributed by atoms with Gasteiger partial charge in [0.1, 0.15) is 0 Å². The number of amides is 1. The third kappa shape index (κ3) is 3.72. The number of aryl methyl sites for hydroxylation is 1. The van der Waals surface area contributed by atoms with Crippen molar-refractivity contribution in [3.05, 3.63) is 64.2 Å². The van der Waals surface area contributed by atoms with E-state index in [1.165, 1.54) is 7.11 Å². The summed E-state index contributed by atoms with van der Waals surface area (Å²) < 4.78 is 4.86. The van der Waals surface area contributed by atoms with Crippen LogP contribution in [0.5, 0.6) is 0 Å². The number of halogens is 1. The highest BCUT2D eigenvalue weighted by Gasteiger charge is 2.37. The number of anilines is 1. The molecule has 0 bridgehead atoms. The molecule has 1 aliphatic rings. The number of carbonyl (C=O) groups excluding carboxylic acids is 2. The van der Waals surface area contributed by atoms with E-state index in [-0.39, 0.29) is 23.3 Å². The zero-order valence-corrected chi connectivity index (χ0v) is 16.8. The third-order valence-electron chi connectivity index (χ3n) is 5.30. The number of benzene rings is 2. The van der Waals surface area contributed by atoms with Crippen LogP contribution in [0.25, 0.3) is 0 Å². The Kier molecular flexibility index (Phi) is 5.29. The molecule has 5 heteroatoms. The first kappa shape index (κ1) is 19.4. The van der Waals surface area contributed by atoms with Crippen molar-refractivity contribution in [2.45, 2.75) is 45.1 Å². The molecule has 3 rings (SSSR count).